The number of nitrogens with zero attached hydrogens (tertiary/aromatic N) is 3. The van der Waals surface area contributed by atoms with E-state index in [1.807, 2.05) is 32.9 Å². The second-order valence-electron chi connectivity index (χ2n) is 8.52. The third-order valence-corrected chi connectivity index (χ3v) is 5.41. The third-order valence-electron chi connectivity index (χ3n) is 5.41. The van der Waals surface area contributed by atoms with Crippen LogP contribution in [0.3, 0.4) is 0 Å². The number of aryl methyl sites for hydroxylation is 2. The zero-order valence-corrected chi connectivity index (χ0v) is 19.0. The van der Waals surface area contributed by atoms with Gasteiger partial charge in [-0.2, -0.15) is 13.9 Å². The SMILES string of the molecule is Cc1cc2c(cnn2-c2ccc(=O)n(C)c2)cc1O[C@H](C)[C@@H](NC(=O)C(C)(F)F)C(C)C. The van der Waals surface area contributed by atoms with Crippen molar-refractivity contribution in [2.24, 2.45) is 13.0 Å². The van der Waals surface area contributed by atoms with Crippen molar-refractivity contribution in [3.05, 3.63) is 52.6 Å². The molecule has 2 atom stereocenters. The Kier molecular flexibility index (Phi) is 6.39. The Morgan fingerprint density at radius 1 is 1.22 bits per heavy atom. The van der Waals surface area contributed by atoms with Gasteiger partial charge in [0.25, 0.3) is 5.91 Å². The number of pyridine rings is 1. The molecular formula is C23H28F2N4O3. The summed E-state index contributed by atoms with van der Waals surface area (Å²) in [6, 6.07) is 6.33. The molecule has 2 aromatic heterocycles. The highest BCUT2D eigenvalue weighted by molar-refractivity contribution is 5.83. The summed E-state index contributed by atoms with van der Waals surface area (Å²) in [7, 11) is 1.68. The number of hydrogen-bond acceptors (Lipinski definition) is 4. The Bertz CT molecular complexity index is 1190. The molecule has 0 spiro atoms. The first-order valence-electron chi connectivity index (χ1n) is 10.4. The number of alkyl halides is 2. The molecule has 2 heterocycles. The molecule has 1 amide bonds. The van der Waals surface area contributed by atoms with Crippen molar-refractivity contribution in [2.75, 3.05) is 0 Å². The van der Waals surface area contributed by atoms with Crippen molar-refractivity contribution < 1.29 is 18.3 Å². The molecule has 172 valence electrons. The average molecular weight is 446 g/mol. The summed E-state index contributed by atoms with van der Waals surface area (Å²) in [5, 5.41) is 7.66. The molecular weight excluding hydrogens is 418 g/mol. The molecule has 1 aromatic carbocycles. The van der Waals surface area contributed by atoms with Gasteiger partial charge in [-0.15, -0.1) is 0 Å². The molecule has 0 bridgehead atoms. The molecule has 3 rings (SSSR count). The average Bonchev–Trinajstić information content (AvgIpc) is 3.09. The van der Waals surface area contributed by atoms with Crippen molar-refractivity contribution in [2.45, 2.75) is 52.7 Å². The van der Waals surface area contributed by atoms with E-state index in [1.54, 1.807) is 37.1 Å². The number of hydrogen-bond donors (Lipinski definition) is 1. The van der Waals surface area contributed by atoms with Gasteiger partial charge in [-0.3, -0.25) is 9.59 Å². The molecule has 0 fully saturated rings. The second kappa shape index (κ2) is 8.72. The topological polar surface area (TPSA) is 78.2 Å². The van der Waals surface area contributed by atoms with Crippen molar-refractivity contribution in [1.29, 1.82) is 0 Å². The summed E-state index contributed by atoms with van der Waals surface area (Å²) < 4.78 is 36.1. The van der Waals surface area contributed by atoms with E-state index in [0.717, 1.165) is 22.2 Å². The van der Waals surface area contributed by atoms with Crippen molar-refractivity contribution in [1.82, 2.24) is 19.7 Å². The monoisotopic (exact) mass is 446 g/mol. The van der Waals surface area contributed by atoms with Gasteiger partial charge in [-0.05, 0) is 43.5 Å². The van der Waals surface area contributed by atoms with Crippen LogP contribution in [0, 0.1) is 12.8 Å². The smallest absolute Gasteiger partial charge is 0.321 e. The quantitative estimate of drug-likeness (QED) is 0.602. The summed E-state index contributed by atoms with van der Waals surface area (Å²) in [5.41, 5.74) is 2.29. The first-order valence-corrected chi connectivity index (χ1v) is 10.4. The maximum absolute atomic E-state index is 13.4. The normalized spacial score (nSPS) is 13.9. The first-order chi connectivity index (χ1) is 14.9. The van der Waals surface area contributed by atoms with Gasteiger partial charge >= 0.3 is 5.92 Å². The lowest BCUT2D eigenvalue weighted by Crippen LogP contribution is -2.52. The summed E-state index contributed by atoms with van der Waals surface area (Å²) in [6.45, 7) is 7.88. The second-order valence-corrected chi connectivity index (χ2v) is 8.52. The van der Waals surface area contributed by atoms with Crippen LogP contribution in [0.15, 0.2) is 41.5 Å². The Balaban J connectivity index is 1.89. The summed E-state index contributed by atoms with van der Waals surface area (Å²) in [5.74, 6) is -4.32. The maximum atomic E-state index is 13.4. The molecule has 0 aliphatic heterocycles. The standard InChI is InChI=1S/C23H28F2N4O3/c1-13(2)21(27-22(31)23(5,24)25)15(4)32-19-10-16-11-26-29(18(16)9-14(19)3)17-7-8-20(30)28(6)12-17/h7-13,15,21H,1-6H3,(H,27,31)/t15-,21+/m1/s1. The highest BCUT2D eigenvalue weighted by Gasteiger charge is 2.36. The zero-order chi connectivity index (χ0) is 23.8. The number of fused-ring (bicyclic) bond motifs is 1. The van der Waals surface area contributed by atoms with E-state index in [4.69, 9.17) is 4.74 Å². The van der Waals surface area contributed by atoms with Crippen molar-refractivity contribution in [3.63, 3.8) is 0 Å². The van der Waals surface area contributed by atoms with E-state index in [2.05, 4.69) is 10.4 Å². The fourth-order valence-electron chi connectivity index (χ4n) is 3.57. The molecule has 0 radical (unpaired) electrons. The van der Waals surface area contributed by atoms with E-state index in [-0.39, 0.29) is 11.5 Å². The number of halogens is 2. The highest BCUT2D eigenvalue weighted by Crippen LogP contribution is 2.29. The molecule has 0 unspecified atom stereocenters. The minimum Gasteiger partial charge on any atom is -0.488 e. The van der Waals surface area contributed by atoms with E-state index < -0.39 is 24.0 Å². The largest absolute Gasteiger partial charge is 0.488 e. The van der Waals surface area contributed by atoms with Crippen LogP contribution in [0.5, 0.6) is 5.75 Å². The molecule has 0 aliphatic rings. The summed E-state index contributed by atoms with van der Waals surface area (Å²) >= 11 is 0. The molecule has 9 heteroatoms. The number of amides is 1. The number of benzene rings is 1. The van der Waals surface area contributed by atoms with Gasteiger partial charge in [0.15, 0.2) is 0 Å². The van der Waals surface area contributed by atoms with Crippen LogP contribution in [0.4, 0.5) is 8.78 Å². The van der Waals surface area contributed by atoms with E-state index in [9.17, 15) is 18.4 Å². The fourth-order valence-corrected chi connectivity index (χ4v) is 3.57. The Labute approximate surface area is 185 Å². The minimum atomic E-state index is -3.46. The van der Waals surface area contributed by atoms with Gasteiger partial charge in [0.05, 0.1) is 23.4 Å². The summed E-state index contributed by atoms with van der Waals surface area (Å²) in [6.07, 6.45) is 2.85. The maximum Gasteiger partial charge on any atom is 0.321 e. The number of rotatable bonds is 7. The van der Waals surface area contributed by atoms with Gasteiger partial charge in [0, 0.05) is 31.6 Å². The molecule has 0 saturated carbocycles. The lowest BCUT2D eigenvalue weighted by Gasteiger charge is -2.30. The van der Waals surface area contributed by atoms with Crippen LogP contribution in [0.1, 0.15) is 33.3 Å². The molecule has 7 nitrogen and oxygen atoms in total. The van der Waals surface area contributed by atoms with Crippen LogP contribution in [0.25, 0.3) is 16.6 Å². The molecule has 0 aliphatic carbocycles. The van der Waals surface area contributed by atoms with Gasteiger partial charge in [-0.1, -0.05) is 13.8 Å². The highest BCUT2D eigenvalue weighted by atomic mass is 19.3. The Morgan fingerprint density at radius 3 is 2.50 bits per heavy atom. The lowest BCUT2D eigenvalue weighted by atomic mass is 9.98. The Hall–Kier alpha value is -3.23. The molecule has 1 N–H and O–H groups in total. The number of carbonyl (C=O) groups excluding carboxylic acids is 1. The van der Waals surface area contributed by atoms with E-state index in [0.29, 0.717) is 12.7 Å². The summed E-state index contributed by atoms with van der Waals surface area (Å²) in [4.78, 5) is 23.5. The first kappa shape index (κ1) is 23.4. The van der Waals surface area contributed by atoms with E-state index >= 15 is 0 Å². The van der Waals surface area contributed by atoms with Crippen LogP contribution in [0.2, 0.25) is 0 Å². The van der Waals surface area contributed by atoms with Crippen LogP contribution in [-0.2, 0) is 11.8 Å². The third kappa shape index (κ3) is 4.81. The minimum absolute atomic E-state index is 0.112. The van der Waals surface area contributed by atoms with Crippen LogP contribution in [-0.4, -0.2) is 38.3 Å². The predicted octanol–water partition coefficient (Wildman–Crippen LogP) is 3.60. The van der Waals surface area contributed by atoms with Crippen LogP contribution >= 0.6 is 0 Å². The fraction of sp³-hybridized carbons (Fsp3) is 0.435. The van der Waals surface area contributed by atoms with Crippen molar-refractivity contribution in [3.8, 4) is 11.4 Å². The van der Waals surface area contributed by atoms with Gasteiger partial charge in [-0.25, -0.2) is 4.68 Å². The molecule has 3 aromatic rings. The van der Waals surface area contributed by atoms with Gasteiger partial charge < -0.3 is 14.6 Å². The number of aromatic nitrogens is 3. The number of nitrogens with one attached hydrogen (secondary N) is 1. The van der Waals surface area contributed by atoms with Gasteiger partial charge in [0.2, 0.25) is 5.56 Å². The zero-order valence-electron chi connectivity index (χ0n) is 19.0. The van der Waals surface area contributed by atoms with Crippen LogP contribution < -0.4 is 15.6 Å². The van der Waals surface area contributed by atoms with Gasteiger partial charge in [0.1, 0.15) is 11.9 Å². The molecule has 0 saturated heterocycles. The van der Waals surface area contributed by atoms with Crippen molar-refractivity contribution >= 4 is 16.8 Å². The predicted molar refractivity (Wildman–Crippen MR) is 119 cm³/mol. The lowest BCUT2D eigenvalue weighted by molar-refractivity contribution is -0.144. The Morgan fingerprint density at radius 2 is 1.91 bits per heavy atom. The number of ether oxygens (including phenoxy) is 1. The van der Waals surface area contributed by atoms with E-state index in [1.165, 1.54) is 10.6 Å². The molecule has 32 heavy (non-hydrogen) atoms. The number of carbonyl (C=O) groups is 1.